The van der Waals surface area contributed by atoms with Crippen LogP contribution in [0, 0.1) is 9.54 Å². The predicted molar refractivity (Wildman–Crippen MR) is 137 cm³/mol. The van der Waals surface area contributed by atoms with Crippen LogP contribution in [0.5, 0.6) is 5.75 Å². The molecule has 34 heavy (non-hydrogen) atoms. The molecule has 0 saturated carbocycles. The Labute approximate surface area is 208 Å². The van der Waals surface area contributed by atoms with E-state index in [1.807, 2.05) is 36.4 Å². The number of hydrogen-bond acceptors (Lipinski definition) is 7. The smallest absolute Gasteiger partial charge is 0.305 e. The summed E-state index contributed by atoms with van der Waals surface area (Å²) in [5.41, 5.74) is 3.96. The van der Waals surface area contributed by atoms with E-state index in [-0.39, 0.29) is 13.2 Å². The average molecular weight is 501 g/mol. The number of aromatic nitrogens is 3. The zero-order valence-corrected chi connectivity index (χ0v) is 20.7. The molecule has 1 aliphatic rings. The van der Waals surface area contributed by atoms with Crippen LogP contribution in [-0.4, -0.2) is 70.7 Å². The van der Waals surface area contributed by atoms with Gasteiger partial charge < -0.3 is 25.0 Å². The van der Waals surface area contributed by atoms with Gasteiger partial charge in [-0.2, -0.15) is 0 Å². The van der Waals surface area contributed by atoms with Crippen molar-refractivity contribution in [3.05, 3.63) is 57.6 Å². The first-order valence-electron chi connectivity index (χ1n) is 10.9. The first-order chi connectivity index (χ1) is 16.3. The Morgan fingerprint density at radius 1 is 1.21 bits per heavy atom. The molecule has 0 spiro atoms. The summed E-state index contributed by atoms with van der Waals surface area (Å²) in [4.78, 5) is 15.4. The Bertz CT molecular complexity index is 1250. The van der Waals surface area contributed by atoms with Crippen LogP contribution in [0.1, 0.15) is 12.0 Å². The number of likely N-dealkylation sites (N-methyl/N-ethyl adjacent to an activating group) is 1. The SMILES string of the molecule is CN(C)C1Cc2cc(OCNc3cccc(-n4c(=S)[nH][nH]c4=S)c3)ccc2N(CCC(=O)O)C1. The molecule has 0 radical (unpaired) electrons. The molecular formula is C23H28N6O3S2. The molecule has 0 amide bonds. The molecule has 9 nitrogen and oxygen atoms in total. The lowest BCUT2D eigenvalue weighted by atomic mass is 9.96. The monoisotopic (exact) mass is 500 g/mol. The first kappa shape index (κ1) is 24.0. The van der Waals surface area contributed by atoms with Crippen LogP contribution in [0.4, 0.5) is 11.4 Å². The van der Waals surface area contributed by atoms with Gasteiger partial charge in [0.2, 0.25) is 0 Å². The second-order valence-corrected chi connectivity index (χ2v) is 9.19. The molecule has 1 aromatic heterocycles. The van der Waals surface area contributed by atoms with Gasteiger partial charge >= 0.3 is 5.97 Å². The molecular weight excluding hydrogens is 472 g/mol. The normalized spacial score (nSPS) is 15.3. The number of carbonyl (C=O) groups is 1. The van der Waals surface area contributed by atoms with E-state index in [0.29, 0.717) is 22.1 Å². The number of benzene rings is 2. The average Bonchev–Trinajstić information content (AvgIpc) is 3.15. The maximum absolute atomic E-state index is 11.1. The number of H-pyrrole nitrogens is 2. The van der Waals surface area contributed by atoms with Crippen LogP contribution in [0.25, 0.3) is 5.69 Å². The number of nitrogens with one attached hydrogen (secondary N) is 3. The number of carboxylic acids is 1. The third-order valence-corrected chi connectivity index (χ3v) is 6.48. The Kier molecular flexibility index (Phi) is 7.35. The Morgan fingerprint density at radius 2 is 1.97 bits per heavy atom. The summed E-state index contributed by atoms with van der Waals surface area (Å²) >= 11 is 10.6. The van der Waals surface area contributed by atoms with Gasteiger partial charge in [0.25, 0.3) is 0 Å². The number of rotatable bonds is 9. The predicted octanol–water partition coefficient (Wildman–Crippen LogP) is 3.81. The number of aromatic amines is 2. The third kappa shape index (κ3) is 5.49. The zero-order chi connectivity index (χ0) is 24.2. The van der Waals surface area contributed by atoms with Crippen molar-refractivity contribution in [3.63, 3.8) is 0 Å². The van der Waals surface area contributed by atoms with Gasteiger partial charge in [-0.05, 0) is 86.9 Å². The van der Waals surface area contributed by atoms with E-state index in [0.717, 1.165) is 41.3 Å². The highest BCUT2D eigenvalue weighted by Gasteiger charge is 2.26. The standard InChI is InChI=1S/C23H28N6O3S2/c1-27(2)18-10-15-11-19(6-7-20(15)28(13-18)9-8-21(30)31)32-14-24-16-4-3-5-17(12-16)29-22(33)25-26-23(29)34/h3-7,11-12,18,24H,8-10,13-14H2,1-2H3,(H,25,33)(H,26,34)(H,30,31). The fourth-order valence-electron chi connectivity index (χ4n) is 4.09. The van der Waals surface area contributed by atoms with Gasteiger partial charge in [-0.3, -0.25) is 19.6 Å². The third-order valence-electron chi connectivity index (χ3n) is 5.91. The molecule has 0 saturated heterocycles. The highest BCUT2D eigenvalue weighted by Crippen LogP contribution is 2.32. The van der Waals surface area contributed by atoms with E-state index in [1.165, 1.54) is 0 Å². The van der Waals surface area contributed by atoms with Crippen molar-refractivity contribution in [1.29, 1.82) is 0 Å². The molecule has 180 valence electrons. The van der Waals surface area contributed by atoms with E-state index >= 15 is 0 Å². The molecule has 3 aromatic rings. The van der Waals surface area contributed by atoms with Crippen LogP contribution in [-0.2, 0) is 11.2 Å². The molecule has 0 aliphatic carbocycles. The topological polar surface area (TPSA) is 102 Å². The minimum atomic E-state index is -0.787. The van der Waals surface area contributed by atoms with Crippen LogP contribution in [0.2, 0.25) is 0 Å². The molecule has 2 heterocycles. The first-order valence-corrected chi connectivity index (χ1v) is 11.8. The molecule has 1 unspecified atom stereocenters. The van der Waals surface area contributed by atoms with E-state index in [2.05, 4.69) is 45.5 Å². The molecule has 11 heteroatoms. The van der Waals surface area contributed by atoms with Gasteiger partial charge in [0, 0.05) is 30.5 Å². The number of nitrogens with zero attached hydrogens (tertiary/aromatic N) is 3. The number of fused-ring (bicyclic) bond motifs is 1. The number of hydrogen-bond donors (Lipinski definition) is 4. The quantitative estimate of drug-likeness (QED) is 0.260. The number of anilines is 2. The maximum atomic E-state index is 11.1. The lowest BCUT2D eigenvalue weighted by Gasteiger charge is -2.39. The summed E-state index contributed by atoms with van der Waals surface area (Å²) in [6.07, 6.45) is 0.996. The van der Waals surface area contributed by atoms with E-state index in [1.54, 1.807) is 4.57 Å². The summed E-state index contributed by atoms with van der Waals surface area (Å²) in [5, 5.41) is 18.1. The minimum Gasteiger partial charge on any atom is -0.481 e. The second-order valence-electron chi connectivity index (χ2n) is 8.41. The molecule has 0 fully saturated rings. The Balaban J connectivity index is 1.44. The lowest BCUT2D eigenvalue weighted by Crippen LogP contribution is -2.46. The van der Waals surface area contributed by atoms with Gasteiger partial charge in [0.1, 0.15) is 5.75 Å². The fourth-order valence-corrected chi connectivity index (χ4v) is 4.64. The highest BCUT2D eigenvalue weighted by molar-refractivity contribution is 7.72. The van der Waals surface area contributed by atoms with Crippen molar-refractivity contribution in [2.75, 3.05) is 44.1 Å². The van der Waals surface area contributed by atoms with Crippen molar-refractivity contribution in [2.45, 2.75) is 18.9 Å². The fraction of sp³-hybridized carbons (Fsp3) is 0.348. The van der Waals surface area contributed by atoms with Gasteiger partial charge in [-0.25, -0.2) is 0 Å². The van der Waals surface area contributed by atoms with E-state index in [9.17, 15) is 4.79 Å². The summed E-state index contributed by atoms with van der Waals surface area (Å²) < 4.78 is 8.73. The van der Waals surface area contributed by atoms with Crippen molar-refractivity contribution >= 4 is 41.8 Å². The summed E-state index contributed by atoms with van der Waals surface area (Å²) in [7, 11) is 4.11. The maximum Gasteiger partial charge on any atom is 0.305 e. The molecule has 2 aromatic carbocycles. The number of ether oxygens (including phenoxy) is 1. The van der Waals surface area contributed by atoms with Crippen molar-refractivity contribution < 1.29 is 14.6 Å². The summed E-state index contributed by atoms with van der Waals surface area (Å²) in [6.45, 7) is 1.58. The van der Waals surface area contributed by atoms with Crippen LogP contribution in [0.15, 0.2) is 42.5 Å². The Morgan fingerprint density at radius 3 is 2.68 bits per heavy atom. The highest BCUT2D eigenvalue weighted by atomic mass is 32.1. The van der Waals surface area contributed by atoms with Crippen LogP contribution >= 0.6 is 24.4 Å². The van der Waals surface area contributed by atoms with Crippen molar-refractivity contribution in [1.82, 2.24) is 19.7 Å². The van der Waals surface area contributed by atoms with Crippen LogP contribution in [0.3, 0.4) is 0 Å². The van der Waals surface area contributed by atoms with Gasteiger partial charge in [0.15, 0.2) is 16.3 Å². The van der Waals surface area contributed by atoms with Gasteiger partial charge in [0.05, 0.1) is 12.1 Å². The molecule has 4 N–H and O–H groups in total. The van der Waals surface area contributed by atoms with Gasteiger partial charge in [-0.1, -0.05) is 6.07 Å². The largest absolute Gasteiger partial charge is 0.481 e. The van der Waals surface area contributed by atoms with E-state index < -0.39 is 5.97 Å². The second kappa shape index (κ2) is 10.4. The zero-order valence-electron chi connectivity index (χ0n) is 19.1. The minimum absolute atomic E-state index is 0.111. The molecule has 0 bridgehead atoms. The number of aliphatic carboxylic acids is 1. The summed E-state index contributed by atoms with van der Waals surface area (Å²) in [5.74, 6) is -0.0279. The van der Waals surface area contributed by atoms with Gasteiger partial charge in [-0.15, -0.1) is 0 Å². The molecule has 1 aliphatic heterocycles. The Hall–Kier alpha value is -3.15. The number of carboxylic acid groups (broad SMARTS) is 1. The summed E-state index contributed by atoms with van der Waals surface area (Å²) in [6, 6.07) is 14.1. The van der Waals surface area contributed by atoms with Crippen LogP contribution < -0.4 is 15.0 Å². The van der Waals surface area contributed by atoms with Crippen molar-refractivity contribution in [2.24, 2.45) is 0 Å². The lowest BCUT2D eigenvalue weighted by molar-refractivity contribution is -0.136. The van der Waals surface area contributed by atoms with Crippen molar-refractivity contribution in [3.8, 4) is 11.4 Å². The molecule has 4 rings (SSSR count). The van der Waals surface area contributed by atoms with E-state index in [4.69, 9.17) is 34.3 Å². The molecule has 1 atom stereocenters.